The van der Waals surface area contributed by atoms with Crippen LogP contribution in [-0.4, -0.2) is 68.9 Å². The van der Waals surface area contributed by atoms with Gasteiger partial charge in [0.1, 0.15) is 12.4 Å². The quantitative estimate of drug-likeness (QED) is 0.421. The second-order valence-electron chi connectivity index (χ2n) is 6.82. The third kappa shape index (κ3) is 6.84. The Morgan fingerprint density at radius 1 is 1.35 bits per heavy atom. The van der Waals surface area contributed by atoms with Crippen LogP contribution >= 0.6 is 0 Å². The van der Waals surface area contributed by atoms with Crippen LogP contribution in [0.2, 0.25) is 0 Å². The minimum absolute atomic E-state index is 0.396. The highest BCUT2D eigenvalue weighted by Crippen LogP contribution is 2.11. The van der Waals surface area contributed by atoms with Crippen LogP contribution in [-0.2, 0) is 4.74 Å². The fourth-order valence-electron chi connectivity index (χ4n) is 3.04. The summed E-state index contributed by atoms with van der Waals surface area (Å²) in [4.78, 5) is 7.20. The van der Waals surface area contributed by atoms with E-state index in [0.717, 1.165) is 44.6 Å². The van der Waals surface area contributed by atoms with Crippen molar-refractivity contribution in [2.75, 3.05) is 46.0 Å². The van der Waals surface area contributed by atoms with Crippen molar-refractivity contribution >= 4 is 5.96 Å². The molecule has 146 valence electrons. The normalized spacial score (nSPS) is 19.8. The van der Waals surface area contributed by atoms with Gasteiger partial charge in [0, 0.05) is 25.2 Å². The number of morpholine rings is 1. The minimum Gasteiger partial charge on any atom is -0.492 e. The van der Waals surface area contributed by atoms with E-state index >= 15 is 0 Å². The minimum atomic E-state index is 0.396. The van der Waals surface area contributed by atoms with Gasteiger partial charge in [-0.2, -0.15) is 0 Å². The van der Waals surface area contributed by atoms with Crippen LogP contribution in [0.1, 0.15) is 26.3 Å². The molecular weight excluding hydrogens is 328 g/mol. The van der Waals surface area contributed by atoms with Gasteiger partial charge in [-0.15, -0.1) is 0 Å². The molecule has 0 aromatic heterocycles. The van der Waals surface area contributed by atoms with Gasteiger partial charge in [-0.05, 0) is 39.8 Å². The number of rotatable bonds is 8. The summed E-state index contributed by atoms with van der Waals surface area (Å²) in [5, 5.41) is 6.64. The SMILES string of the molecule is CCNC(=NCC(C)N1CCOCC1C)NCCOc1ccc(C)cc1. The van der Waals surface area contributed by atoms with E-state index in [1.807, 2.05) is 12.1 Å². The summed E-state index contributed by atoms with van der Waals surface area (Å²) in [6.07, 6.45) is 0. The van der Waals surface area contributed by atoms with E-state index in [0.29, 0.717) is 25.2 Å². The molecule has 1 saturated heterocycles. The molecular formula is C20H34N4O2. The molecule has 2 rings (SSSR count). The molecule has 0 aliphatic carbocycles. The Bertz CT molecular complexity index is 547. The van der Waals surface area contributed by atoms with Gasteiger partial charge in [0.15, 0.2) is 5.96 Å². The summed E-state index contributed by atoms with van der Waals surface area (Å²) in [5.74, 6) is 1.74. The van der Waals surface area contributed by atoms with Crippen LogP contribution in [0.3, 0.4) is 0 Å². The smallest absolute Gasteiger partial charge is 0.191 e. The van der Waals surface area contributed by atoms with Crippen molar-refractivity contribution in [2.24, 2.45) is 4.99 Å². The Hall–Kier alpha value is -1.79. The first-order valence-electron chi connectivity index (χ1n) is 9.65. The Morgan fingerprint density at radius 2 is 2.12 bits per heavy atom. The maximum absolute atomic E-state index is 5.76. The molecule has 0 radical (unpaired) electrons. The molecule has 1 aromatic rings. The van der Waals surface area contributed by atoms with E-state index in [1.165, 1.54) is 5.56 Å². The van der Waals surface area contributed by atoms with E-state index in [4.69, 9.17) is 14.5 Å². The topological polar surface area (TPSA) is 58.1 Å². The summed E-state index contributed by atoms with van der Waals surface area (Å²) >= 11 is 0. The summed E-state index contributed by atoms with van der Waals surface area (Å²) in [5.41, 5.74) is 1.24. The molecule has 0 bridgehead atoms. The monoisotopic (exact) mass is 362 g/mol. The fourth-order valence-corrected chi connectivity index (χ4v) is 3.04. The highest BCUT2D eigenvalue weighted by Gasteiger charge is 2.23. The Labute approximate surface area is 158 Å². The first kappa shape index (κ1) is 20.5. The Kier molecular flexibility index (Phi) is 8.71. The largest absolute Gasteiger partial charge is 0.492 e. The van der Waals surface area contributed by atoms with E-state index < -0.39 is 0 Å². The zero-order valence-electron chi connectivity index (χ0n) is 16.6. The van der Waals surface area contributed by atoms with Crippen molar-refractivity contribution in [3.05, 3.63) is 29.8 Å². The lowest BCUT2D eigenvalue weighted by Gasteiger charge is -2.37. The molecule has 2 N–H and O–H groups in total. The third-order valence-corrected chi connectivity index (χ3v) is 4.53. The Morgan fingerprint density at radius 3 is 2.81 bits per heavy atom. The van der Waals surface area contributed by atoms with E-state index in [1.54, 1.807) is 0 Å². The van der Waals surface area contributed by atoms with Crippen molar-refractivity contribution in [2.45, 2.75) is 39.8 Å². The fraction of sp³-hybridized carbons (Fsp3) is 0.650. The van der Waals surface area contributed by atoms with Crippen molar-refractivity contribution in [1.82, 2.24) is 15.5 Å². The molecule has 1 aliphatic rings. The van der Waals surface area contributed by atoms with Gasteiger partial charge in [0.25, 0.3) is 0 Å². The second-order valence-corrected chi connectivity index (χ2v) is 6.82. The maximum Gasteiger partial charge on any atom is 0.191 e. The first-order valence-corrected chi connectivity index (χ1v) is 9.65. The number of nitrogens with one attached hydrogen (secondary N) is 2. The van der Waals surface area contributed by atoms with Gasteiger partial charge >= 0.3 is 0 Å². The lowest BCUT2D eigenvalue weighted by atomic mass is 10.2. The summed E-state index contributed by atoms with van der Waals surface area (Å²) in [6, 6.07) is 8.96. The first-order chi connectivity index (χ1) is 12.6. The van der Waals surface area contributed by atoms with Crippen LogP contribution in [0.25, 0.3) is 0 Å². The summed E-state index contributed by atoms with van der Waals surface area (Å²) in [7, 11) is 0. The molecule has 6 heteroatoms. The van der Waals surface area contributed by atoms with E-state index in [-0.39, 0.29) is 0 Å². The number of hydrogen-bond acceptors (Lipinski definition) is 4. The van der Waals surface area contributed by atoms with Crippen LogP contribution in [0.4, 0.5) is 0 Å². The summed E-state index contributed by atoms with van der Waals surface area (Å²) < 4.78 is 11.3. The lowest BCUT2D eigenvalue weighted by Crippen LogP contribution is -2.49. The number of aliphatic imine (C=N–C) groups is 1. The molecule has 0 spiro atoms. The predicted molar refractivity (Wildman–Crippen MR) is 107 cm³/mol. The number of aryl methyl sites for hydroxylation is 1. The third-order valence-electron chi connectivity index (χ3n) is 4.53. The molecule has 6 nitrogen and oxygen atoms in total. The average molecular weight is 363 g/mol. The Balaban J connectivity index is 1.75. The van der Waals surface area contributed by atoms with Gasteiger partial charge in [0.2, 0.25) is 0 Å². The second kappa shape index (κ2) is 11.0. The number of guanidine groups is 1. The molecule has 0 amide bonds. The highest BCUT2D eigenvalue weighted by molar-refractivity contribution is 5.79. The predicted octanol–water partition coefficient (Wildman–Crippen LogP) is 2.04. The molecule has 26 heavy (non-hydrogen) atoms. The standard InChI is InChI=1S/C20H34N4O2/c1-5-21-20(22-10-12-26-19-8-6-16(2)7-9-19)23-14-17(3)24-11-13-25-15-18(24)4/h6-9,17-18H,5,10-15H2,1-4H3,(H2,21,22,23). The zero-order chi connectivity index (χ0) is 18.8. The van der Waals surface area contributed by atoms with E-state index in [2.05, 4.69) is 55.4 Å². The van der Waals surface area contributed by atoms with Gasteiger partial charge < -0.3 is 20.1 Å². The molecule has 2 unspecified atom stereocenters. The van der Waals surface area contributed by atoms with Gasteiger partial charge in [-0.1, -0.05) is 17.7 Å². The van der Waals surface area contributed by atoms with Crippen molar-refractivity contribution in [3.63, 3.8) is 0 Å². The lowest BCUT2D eigenvalue weighted by molar-refractivity contribution is -0.0165. The maximum atomic E-state index is 5.76. The zero-order valence-corrected chi connectivity index (χ0v) is 16.6. The number of hydrogen-bond donors (Lipinski definition) is 2. The number of benzene rings is 1. The van der Waals surface area contributed by atoms with Crippen molar-refractivity contribution in [3.8, 4) is 5.75 Å². The average Bonchev–Trinajstić information content (AvgIpc) is 2.64. The van der Waals surface area contributed by atoms with Crippen LogP contribution < -0.4 is 15.4 Å². The molecule has 1 aliphatic heterocycles. The molecule has 1 heterocycles. The van der Waals surface area contributed by atoms with Crippen molar-refractivity contribution < 1.29 is 9.47 Å². The molecule has 1 fully saturated rings. The number of ether oxygens (including phenoxy) is 2. The summed E-state index contributed by atoms with van der Waals surface area (Å²) in [6.45, 7) is 14.1. The van der Waals surface area contributed by atoms with Crippen LogP contribution in [0.5, 0.6) is 5.75 Å². The number of nitrogens with zero attached hydrogens (tertiary/aromatic N) is 2. The van der Waals surface area contributed by atoms with Crippen LogP contribution in [0.15, 0.2) is 29.3 Å². The van der Waals surface area contributed by atoms with Crippen LogP contribution in [0, 0.1) is 6.92 Å². The van der Waals surface area contributed by atoms with Crippen molar-refractivity contribution in [1.29, 1.82) is 0 Å². The van der Waals surface area contributed by atoms with Gasteiger partial charge in [-0.3, -0.25) is 9.89 Å². The molecule has 1 aromatic carbocycles. The van der Waals surface area contributed by atoms with Gasteiger partial charge in [-0.25, -0.2) is 0 Å². The van der Waals surface area contributed by atoms with E-state index in [9.17, 15) is 0 Å². The molecule has 0 saturated carbocycles. The highest BCUT2D eigenvalue weighted by atomic mass is 16.5. The molecule has 2 atom stereocenters. The van der Waals surface area contributed by atoms with Gasteiger partial charge in [0.05, 0.1) is 26.3 Å².